The van der Waals surface area contributed by atoms with Gasteiger partial charge in [0.05, 0.1) is 11.9 Å². The molecule has 3 heterocycles. The molecule has 0 saturated carbocycles. The van der Waals surface area contributed by atoms with Crippen LogP contribution in [0.25, 0.3) is 17.2 Å². The number of carbonyl (C=O) groups excluding carboxylic acids is 2. The van der Waals surface area contributed by atoms with E-state index in [-0.39, 0.29) is 18.4 Å². The normalized spacial score (nSPS) is 13.4. The molecule has 0 radical (unpaired) electrons. The van der Waals surface area contributed by atoms with E-state index in [1.54, 1.807) is 35.6 Å². The number of carbonyl (C=O) groups is 2. The molecule has 1 aliphatic rings. The third-order valence-electron chi connectivity index (χ3n) is 8.63. The molecule has 7 heteroatoms. The fourth-order valence-electron chi connectivity index (χ4n) is 5.87. The fraction of sp³-hybridized carbons (Fsp3) is 0.211. The Bertz CT molecular complexity index is 1800. The van der Waals surface area contributed by atoms with E-state index < -0.39 is 6.04 Å². The highest BCUT2D eigenvalue weighted by molar-refractivity contribution is 5.95. The molecule has 2 aromatic heterocycles. The Balaban J connectivity index is 1.35. The second-order valence-corrected chi connectivity index (χ2v) is 11.5. The minimum absolute atomic E-state index is 0.0418. The number of fused-ring (bicyclic) bond motifs is 1. The van der Waals surface area contributed by atoms with Gasteiger partial charge < -0.3 is 14.4 Å². The van der Waals surface area contributed by atoms with Gasteiger partial charge in [-0.2, -0.15) is 0 Å². The molecule has 0 saturated heterocycles. The minimum Gasteiger partial charge on any atom is -0.336 e. The second-order valence-electron chi connectivity index (χ2n) is 11.5. The van der Waals surface area contributed by atoms with E-state index in [9.17, 15) is 9.59 Å². The lowest BCUT2D eigenvalue weighted by molar-refractivity contribution is -0.144. The van der Waals surface area contributed by atoms with Crippen LogP contribution in [-0.4, -0.2) is 48.7 Å². The average Bonchev–Trinajstić information content (AvgIpc) is 3.41. The topological polar surface area (TPSA) is 71.3 Å². The number of pyridine rings is 1. The van der Waals surface area contributed by atoms with Crippen LogP contribution in [-0.2, 0) is 42.6 Å². The van der Waals surface area contributed by atoms with Crippen LogP contribution < -0.4 is 0 Å². The maximum absolute atomic E-state index is 14.5. The number of aryl methyl sites for hydroxylation is 1. The third-order valence-corrected chi connectivity index (χ3v) is 8.63. The largest absolute Gasteiger partial charge is 0.336 e. The molecular formula is C38H37N5O2. The first-order valence-electron chi connectivity index (χ1n) is 15.3. The highest BCUT2D eigenvalue weighted by atomic mass is 16.2. The quantitative estimate of drug-likeness (QED) is 0.195. The Kier molecular flexibility index (Phi) is 8.96. The van der Waals surface area contributed by atoms with Gasteiger partial charge in [-0.05, 0) is 64.9 Å². The van der Waals surface area contributed by atoms with Crippen LogP contribution in [0.15, 0.2) is 116 Å². The van der Waals surface area contributed by atoms with Crippen molar-refractivity contribution >= 4 is 17.9 Å². The van der Waals surface area contributed by atoms with Crippen LogP contribution in [0, 0.1) is 6.92 Å². The molecule has 0 aliphatic carbocycles. The summed E-state index contributed by atoms with van der Waals surface area (Å²) in [5.41, 5.74) is 7.34. The highest BCUT2D eigenvalue weighted by Crippen LogP contribution is 2.24. The Hall–Kier alpha value is -5.30. The molecule has 5 aromatic rings. The van der Waals surface area contributed by atoms with Crippen molar-refractivity contribution in [1.82, 2.24) is 24.3 Å². The number of rotatable bonds is 9. The van der Waals surface area contributed by atoms with E-state index in [0.29, 0.717) is 19.5 Å². The van der Waals surface area contributed by atoms with Gasteiger partial charge in [-0.3, -0.25) is 14.6 Å². The van der Waals surface area contributed by atoms with Crippen LogP contribution >= 0.6 is 0 Å². The van der Waals surface area contributed by atoms with Gasteiger partial charge in [-0.15, -0.1) is 0 Å². The smallest absolute Gasteiger partial charge is 0.247 e. The van der Waals surface area contributed by atoms with Gasteiger partial charge in [-0.1, -0.05) is 78.9 Å². The summed E-state index contributed by atoms with van der Waals surface area (Å²) in [6.07, 6.45) is 9.86. The zero-order chi connectivity index (χ0) is 31.2. The maximum Gasteiger partial charge on any atom is 0.247 e. The molecule has 3 aromatic carbocycles. The van der Waals surface area contributed by atoms with Crippen LogP contribution in [0.2, 0.25) is 0 Å². The van der Waals surface area contributed by atoms with Crippen molar-refractivity contribution in [2.24, 2.45) is 7.05 Å². The fourth-order valence-corrected chi connectivity index (χ4v) is 5.87. The Morgan fingerprint density at radius 1 is 0.867 bits per heavy atom. The van der Waals surface area contributed by atoms with Gasteiger partial charge in [0.2, 0.25) is 11.8 Å². The number of amides is 2. The molecule has 226 valence electrons. The molecule has 1 atom stereocenters. The minimum atomic E-state index is -0.692. The van der Waals surface area contributed by atoms with Crippen LogP contribution in [0.5, 0.6) is 0 Å². The summed E-state index contributed by atoms with van der Waals surface area (Å²) in [7, 11) is 1.92. The van der Waals surface area contributed by atoms with E-state index >= 15 is 0 Å². The van der Waals surface area contributed by atoms with Crippen molar-refractivity contribution < 1.29 is 9.59 Å². The summed E-state index contributed by atoms with van der Waals surface area (Å²) in [5.74, 6) is 0.592. The number of aromatic nitrogens is 3. The number of benzene rings is 3. The lowest BCUT2D eigenvalue weighted by atomic mass is 9.97. The molecule has 1 unspecified atom stereocenters. The van der Waals surface area contributed by atoms with Crippen molar-refractivity contribution in [2.75, 3.05) is 6.54 Å². The lowest BCUT2D eigenvalue weighted by Gasteiger charge is -2.37. The summed E-state index contributed by atoms with van der Waals surface area (Å²) < 4.78 is 1.93. The van der Waals surface area contributed by atoms with Crippen molar-refractivity contribution in [3.05, 3.63) is 149 Å². The van der Waals surface area contributed by atoms with Crippen LogP contribution in [0.3, 0.4) is 0 Å². The Morgan fingerprint density at radius 2 is 1.56 bits per heavy atom. The zero-order valence-corrected chi connectivity index (χ0v) is 25.7. The van der Waals surface area contributed by atoms with Crippen molar-refractivity contribution in [3.8, 4) is 11.1 Å². The standard InChI is InChI=1S/C38H37N5O2/c1-28-40-25-35(41(28)2)16-17-37(44)43(26-30-12-14-32(15-13-30)33-18-21-39-22-19-33)36(24-29-8-4-3-5-9-29)38(45)42-23-20-31-10-6-7-11-34(31)27-42/h3-19,21-22,25,36H,20,23-24,26-27H2,1-2H3. The maximum atomic E-state index is 14.5. The Labute approximate surface area is 264 Å². The third kappa shape index (κ3) is 6.93. The monoisotopic (exact) mass is 595 g/mol. The molecule has 0 fully saturated rings. The molecule has 45 heavy (non-hydrogen) atoms. The number of hydrogen-bond acceptors (Lipinski definition) is 4. The van der Waals surface area contributed by atoms with Gasteiger partial charge in [0.1, 0.15) is 11.9 Å². The summed E-state index contributed by atoms with van der Waals surface area (Å²) in [6, 6.07) is 29.7. The van der Waals surface area contributed by atoms with E-state index in [2.05, 4.69) is 34.2 Å². The zero-order valence-electron chi connectivity index (χ0n) is 25.7. The van der Waals surface area contributed by atoms with Gasteiger partial charge in [-0.25, -0.2) is 4.98 Å². The first-order valence-corrected chi connectivity index (χ1v) is 15.3. The van der Waals surface area contributed by atoms with Crippen molar-refractivity contribution in [3.63, 3.8) is 0 Å². The summed E-state index contributed by atoms with van der Waals surface area (Å²) >= 11 is 0. The van der Waals surface area contributed by atoms with E-state index in [1.807, 2.05) is 90.2 Å². The SMILES string of the molecule is Cc1ncc(C=CC(=O)N(Cc2ccc(-c3ccncc3)cc2)C(Cc2ccccc2)C(=O)N2CCc3ccccc3C2)n1C. The highest BCUT2D eigenvalue weighted by Gasteiger charge is 2.34. The first kappa shape index (κ1) is 29.8. The molecule has 7 nitrogen and oxygen atoms in total. The molecule has 0 N–H and O–H groups in total. The van der Waals surface area contributed by atoms with Gasteiger partial charge >= 0.3 is 0 Å². The van der Waals surface area contributed by atoms with Crippen LogP contribution in [0.1, 0.15) is 33.8 Å². The van der Waals surface area contributed by atoms with Crippen molar-refractivity contribution in [1.29, 1.82) is 0 Å². The summed E-state index contributed by atoms with van der Waals surface area (Å²) in [6.45, 7) is 3.37. The predicted octanol–water partition coefficient (Wildman–Crippen LogP) is 6.03. The van der Waals surface area contributed by atoms with E-state index in [1.165, 1.54) is 5.56 Å². The number of nitrogens with zero attached hydrogens (tertiary/aromatic N) is 5. The van der Waals surface area contributed by atoms with Crippen molar-refractivity contribution in [2.45, 2.75) is 38.9 Å². The lowest BCUT2D eigenvalue weighted by Crippen LogP contribution is -2.52. The summed E-state index contributed by atoms with van der Waals surface area (Å²) in [5, 5.41) is 0. The van der Waals surface area contributed by atoms with E-state index in [0.717, 1.165) is 45.8 Å². The van der Waals surface area contributed by atoms with E-state index in [4.69, 9.17) is 0 Å². The van der Waals surface area contributed by atoms with Crippen LogP contribution in [0.4, 0.5) is 0 Å². The predicted molar refractivity (Wildman–Crippen MR) is 177 cm³/mol. The van der Waals surface area contributed by atoms with Gasteiger partial charge in [0.15, 0.2) is 0 Å². The Morgan fingerprint density at radius 3 is 2.27 bits per heavy atom. The first-order chi connectivity index (χ1) is 22.0. The molecular weight excluding hydrogens is 558 g/mol. The summed E-state index contributed by atoms with van der Waals surface area (Å²) in [4.78, 5) is 40.8. The number of hydrogen-bond donors (Lipinski definition) is 0. The average molecular weight is 596 g/mol. The molecule has 2 amide bonds. The second kappa shape index (κ2) is 13.6. The molecule has 1 aliphatic heterocycles. The number of imidazole rings is 1. The van der Waals surface area contributed by atoms with Gasteiger partial charge in [0, 0.05) is 51.6 Å². The molecule has 6 rings (SSSR count). The molecule has 0 spiro atoms. The van der Waals surface area contributed by atoms with Gasteiger partial charge in [0.25, 0.3) is 0 Å². The molecule has 0 bridgehead atoms.